The Bertz CT molecular complexity index is 1050. The molecule has 1 aliphatic rings. The minimum atomic E-state index is 0.0445. The number of thioether (sulfide) groups is 1. The van der Waals surface area contributed by atoms with Gasteiger partial charge in [-0.2, -0.15) is 0 Å². The Morgan fingerprint density at radius 2 is 1.87 bits per heavy atom. The molecule has 0 saturated heterocycles. The van der Waals surface area contributed by atoms with Gasteiger partial charge in [-0.3, -0.25) is 4.98 Å². The molecule has 0 radical (unpaired) electrons. The lowest BCUT2D eigenvalue weighted by Gasteiger charge is -2.26. The monoisotopic (exact) mass is 437 g/mol. The van der Waals surface area contributed by atoms with Gasteiger partial charge < -0.3 is 25.1 Å². The molecule has 162 valence electrons. The molecule has 0 bridgehead atoms. The second kappa shape index (κ2) is 9.43. The van der Waals surface area contributed by atoms with E-state index in [0.717, 1.165) is 40.5 Å². The number of anilines is 3. The summed E-state index contributed by atoms with van der Waals surface area (Å²) in [4.78, 5) is 11.6. The van der Waals surface area contributed by atoms with Crippen LogP contribution < -0.4 is 19.7 Å². The Morgan fingerprint density at radius 1 is 1.13 bits per heavy atom. The molecule has 2 N–H and O–H groups in total. The molecule has 1 aliphatic carbocycles. The Morgan fingerprint density at radius 3 is 2.52 bits per heavy atom. The van der Waals surface area contributed by atoms with Gasteiger partial charge in [-0.25, -0.2) is 4.98 Å². The van der Waals surface area contributed by atoms with Crippen LogP contribution in [-0.4, -0.2) is 41.7 Å². The van der Waals surface area contributed by atoms with Crippen molar-refractivity contribution in [3.63, 3.8) is 0 Å². The number of methoxy groups -OCH3 is 2. The number of benzene rings is 2. The molecule has 0 amide bonds. The summed E-state index contributed by atoms with van der Waals surface area (Å²) in [6.07, 6.45) is 4.24. The van der Waals surface area contributed by atoms with Crippen molar-refractivity contribution in [2.45, 2.75) is 25.1 Å². The Balaban J connectivity index is 1.71. The Kier molecular flexibility index (Phi) is 6.46. The highest BCUT2D eigenvalue weighted by atomic mass is 32.2. The van der Waals surface area contributed by atoms with Crippen LogP contribution in [0.2, 0.25) is 0 Å². The maximum atomic E-state index is 7.24. The minimum Gasteiger partial charge on any atom is -0.497 e. The van der Waals surface area contributed by atoms with Crippen molar-refractivity contribution < 1.29 is 9.47 Å². The van der Waals surface area contributed by atoms with Crippen LogP contribution in [0.3, 0.4) is 0 Å². The summed E-state index contributed by atoms with van der Waals surface area (Å²) in [6.45, 7) is 2.92. The second-order valence-electron chi connectivity index (χ2n) is 7.59. The van der Waals surface area contributed by atoms with Crippen LogP contribution in [0.4, 0.5) is 17.2 Å². The van der Waals surface area contributed by atoms with Crippen molar-refractivity contribution >= 4 is 45.5 Å². The number of hydrogen-bond donors (Lipinski definition) is 2. The molecule has 0 aliphatic heterocycles. The van der Waals surface area contributed by atoms with E-state index in [0.29, 0.717) is 11.7 Å². The summed E-state index contributed by atoms with van der Waals surface area (Å²) in [5, 5.41) is 10.6. The van der Waals surface area contributed by atoms with E-state index in [-0.39, 0.29) is 5.37 Å². The Hall–Kier alpha value is -3.00. The first-order valence-corrected chi connectivity index (χ1v) is 11.2. The fraction of sp³-hybridized carbons (Fsp3) is 0.348. The molecular formula is C23H27N5O2S. The molecule has 1 heterocycles. The normalized spacial score (nSPS) is 14.2. The molecule has 3 aromatic rings. The molecule has 1 atom stereocenters. The van der Waals surface area contributed by atoms with E-state index in [1.165, 1.54) is 30.2 Å². The number of ether oxygens (including phenoxy) is 2. The van der Waals surface area contributed by atoms with Crippen molar-refractivity contribution in [1.29, 1.82) is 5.41 Å². The summed E-state index contributed by atoms with van der Waals surface area (Å²) < 4.78 is 11.0. The standard InChI is InChI=1S/C23H27N5O2S/c1-15(31-14-24)26-23-12-25-21-7-6-17(10-22(21)27-23)28(13-16-4-5-16)18-8-19(29-2)11-20(9-18)30-3/h6-12,14-16,24H,4-5,13H2,1-3H3,(H,26,27). The number of hydrogen-bond acceptors (Lipinski definition) is 8. The van der Waals surface area contributed by atoms with Crippen molar-refractivity contribution in [3.8, 4) is 11.5 Å². The zero-order chi connectivity index (χ0) is 21.8. The van der Waals surface area contributed by atoms with Crippen LogP contribution in [0.1, 0.15) is 19.8 Å². The van der Waals surface area contributed by atoms with E-state index in [1.807, 2.05) is 31.2 Å². The largest absolute Gasteiger partial charge is 0.497 e. The molecule has 1 unspecified atom stereocenters. The van der Waals surface area contributed by atoms with E-state index < -0.39 is 0 Å². The van der Waals surface area contributed by atoms with Gasteiger partial charge in [0, 0.05) is 36.1 Å². The predicted molar refractivity (Wildman–Crippen MR) is 128 cm³/mol. The molecule has 1 saturated carbocycles. The van der Waals surface area contributed by atoms with Gasteiger partial charge in [-0.05, 0) is 43.9 Å². The molecule has 7 nitrogen and oxygen atoms in total. The molecule has 1 aromatic heterocycles. The fourth-order valence-electron chi connectivity index (χ4n) is 3.45. The first-order chi connectivity index (χ1) is 15.1. The summed E-state index contributed by atoms with van der Waals surface area (Å²) in [5.74, 6) is 2.91. The molecule has 1 fully saturated rings. The average Bonchev–Trinajstić information content (AvgIpc) is 3.61. The summed E-state index contributed by atoms with van der Waals surface area (Å²) in [6, 6.07) is 12.1. The molecular weight excluding hydrogens is 410 g/mol. The van der Waals surface area contributed by atoms with E-state index in [2.05, 4.69) is 27.3 Å². The third-order valence-electron chi connectivity index (χ3n) is 5.25. The first kappa shape index (κ1) is 21.2. The molecule has 2 aromatic carbocycles. The topological polar surface area (TPSA) is 83.4 Å². The van der Waals surface area contributed by atoms with E-state index in [9.17, 15) is 0 Å². The highest BCUT2D eigenvalue weighted by molar-refractivity contribution is 8.12. The van der Waals surface area contributed by atoms with Crippen LogP contribution in [0, 0.1) is 11.3 Å². The highest BCUT2D eigenvalue weighted by Gasteiger charge is 2.26. The second-order valence-corrected chi connectivity index (χ2v) is 8.81. The van der Waals surface area contributed by atoms with Gasteiger partial charge in [0.2, 0.25) is 0 Å². The maximum Gasteiger partial charge on any atom is 0.146 e. The van der Waals surface area contributed by atoms with Gasteiger partial charge in [0.05, 0.1) is 42.4 Å². The van der Waals surface area contributed by atoms with Gasteiger partial charge in [-0.15, -0.1) is 0 Å². The van der Waals surface area contributed by atoms with Crippen molar-refractivity contribution in [2.24, 2.45) is 5.92 Å². The molecule has 31 heavy (non-hydrogen) atoms. The molecule has 8 heteroatoms. The molecule has 0 spiro atoms. The van der Waals surface area contributed by atoms with E-state index in [1.54, 1.807) is 20.4 Å². The number of nitrogens with one attached hydrogen (secondary N) is 2. The lowest BCUT2D eigenvalue weighted by molar-refractivity contribution is 0.394. The van der Waals surface area contributed by atoms with Gasteiger partial charge >= 0.3 is 0 Å². The first-order valence-electron chi connectivity index (χ1n) is 10.3. The number of fused-ring (bicyclic) bond motifs is 1. The third kappa shape index (κ3) is 5.19. The van der Waals surface area contributed by atoms with Crippen LogP contribution in [-0.2, 0) is 0 Å². The van der Waals surface area contributed by atoms with Gasteiger partial charge in [-0.1, -0.05) is 11.8 Å². The summed E-state index contributed by atoms with van der Waals surface area (Å²) >= 11 is 1.39. The van der Waals surface area contributed by atoms with Crippen molar-refractivity contribution in [2.75, 3.05) is 31.0 Å². The zero-order valence-corrected chi connectivity index (χ0v) is 18.8. The van der Waals surface area contributed by atoms with Crippen LogP contribution in [0.25, 0.3) is 11.0 Å². The smallest absolute Gasteiger partial charge is 0.146 e. The quantitative estimate of drug-likeness (QED) is 0.253. The van der Waals surface area contributed by atoms with Crippen molar-refractivity contribution in [3.05, 3.63) is 42.6 Å². The van der Waals surface area contributed by atoms with E-state index >= 15 is 0 Å². The van der Waals surface area contributed by atoms with Crippen molar-refractivity contribution in [1.82, 2.24) is 9.97 Å². The zero-order valence-electron chi connectivity index (χ0n) is 18.0. The van der Waals surface area contributed by atoms with Crippen LogP contribution in [0.15, 0.2) is 42.6 Å². The van der Waals surface area contributed by atoms with E-state index in [4.69, 9.17) is 19.9 Å². The number of rotatable bonds is 10. The average molecular weight is 438 g/mol. The van der Waals surface area contributed by atoms with Gasteiger partial charge in [0.25, 0.3) is 0 Å². The minimum absolute atomic E-state index is 0.0445. The number of aromatic nitrogens is 2. The van der Waals surface area contributed by atoms with Crippen LogP contribution in [0.5, 0.6) is 11.5 Å². The summed E-state index contributed by atoms with van der Waals surface area (Å²) in [7, 11) is 3.34. The fourth-order valence-corrected chi connectivity index (χ4v) is 3.84. The lowest BCUT2D eigenvalue weighted by Crippen LogP contribution is -2.20. The lowest BCUT2D eigenvalue weighted by atomic mass is 10.2. The van der Waals surface area contributed by atoms with Gasteiger partial charge in [0.1, 0.15) is 17.3 Å². The summed E-state index contributed by atoms with van der Waals surface area (Å²) in [5.41, 5.74) is 5.08. The highest BCUT2D eigenvalue weighted by Crippen LogP contribution is 2.38. The van der Waals surface area contributed by atoms with Gasteiger partial charge in [0.15, 0.2) is 0 Å². The molecule has 4 rings (SSSR count). The Labute approximate surface area is 186 Å². The third-order valence-corrected chi connectivity index (χ3v) is 5.91. The predicted octanol–water partition coefficient (Wildman–Crippen LogP) is 5.29. The van der Waals surface area contributed by atoms with Crippen LogP contribution >= 0.6 is 11.8 Å². The number of nitrogens with zero attached hydrogens (tertiary/aromatic N) is 3. The SMILES string of the molecule is COc1cc(OC)cc(N(CC2CC2)c2ccc3ncc(NC(C)SC=N)nc3c2)c1. The maximum absolute atomic E-state index is 7.24.